The molecule has 0 N–H and O–H groups in total. The van der Waals surface area contributed by atoms with Gasteiger partial charge in [-0.1, -0.05) is 42.4 Å². The van der Waals surface area contributed by atoms with Gasteiger partial charge in [-0.05, 0) is 25.3 Å². The Hall–Kier alpha value is -1.82. The van der Waals surface area contributed by atoms with E-state index in [9.17, 15) is 4.79 Å². The molecule has 1 saturated carbocycles. The van der Waals surface area contributed by atoms with Gasteiger partial charge < -0.3 is 0 Å². The lowest BCUT2D eigenvalue weighted by molar-refractivity contribution is -0.126. The molecule has 5 nitrogen and oxygen atoms in total. The van der Waals surface area contributed by atoms with Crippen molar-refractivity contribution in [1.29, 1.82) is 0 Å². The highest BCUT2D eigenvalue weighted by Gasteiger charge is 2.34. The van der Waals surface area contributed by atoms with Crippen LogP contribution in [0.3, 0.4) is 0 Å². The predicted molar refractivity (Wildman–Crippen MR) is 86.4 cm³/mol. The van der Waals surface area contributed by atoms with Gasteiger partial charge in [-0.15, -0.1) is 10.2 Å². The first-order valence-electron chi connectivity index (χ1n) is 7.71. The molecule has 0 radical (unpaired) electrons. The lowest BCUT2D eigenvalue weighted by Gasteiger charge is -2.35. The van der Waals surface area contributed by atoms with Crippen molar-refractivity contribution < 1.29 is 4.79 Å². The summed E-state index contributed by atoms with van der Waals surface area (Å²) in [5.41, 5.74) is 2.18. The summed E-state index contributed by atoms with van der Waals surface area (Å²) in [6, 6.07) is 8.11. The molecular weight excluding hydrogens is 296 g/mol. The zero-order valence-corrected chi connectivity index (χ0v) is 13.3. The maximum atomic E-state index is 12.7. The van der Waals surface area contributed by atoms with Crippen molar-refractivity contribution in [3.63, 3.8) is 0 Å². The van der Waals surface area contributed by atoms with Crippen LogP contribution >= 0.6 is 11.8 Å². The fourth-order valence-electron chi connectivity index (χ4n) is 2.96. The third-order valence-electron chi connectivity index (χ3n) is 4.48. The molecule has 0 unspecified atom stereocenters. The summed E-state index contributed by atoms with van der Waals surface area (Å²) in [5.74, 6) is 2.06. The summed E-state index contributed by atoms with van der Waals surface area (Å²) in [4.78, 5) is 12.7. The Morgan fingerprint density at radius 1 is 1.27 bits per heavy atom. The molecule has 2 aliphatic rings. The van der Waals surface area contributed by atoms with Gasteiger partial charge in [0.15, 0.2) is 5.82 Å². The van der Waals surface area contributed by atoms with Crippen molar-refractivity contribution in [1.82, 2.24) is 14.9 Å². The molecule has 1 aromatic carbocycles. The van der Waals surface area contributed by atoms with E-state index < -0.39 is 0 Å². The second kappa shape index (κ2) is 5.43. The van der Waals surface area contributed by atoms with Crippen LogP contribution in [0.1, 0.15) is 24.8 Å². The van der Waals surface area contributed by atoms with Crippen LogP contribution in [0.4, 0.5) is 0 Å². The van der Waals surface area contributed by atoms with Crippen LogP contribution in [0.25, 0.3) is 11.4 Å². The van der Waals surface area contributed by atoms with Gasteiger partial charge in [0.25, 0.3) is 0 Å². The quantitative estimate of drug-likeness (QED) is 0.855. The zero-order chi connectivity index (χ0) is 15.1. The van der Waals surface area contributed by atoms with Crippen LogP contribution < -0.4 is 5.01 Å². The van der Waals surface area contributed by atoms with Crippen LogP contribution in [0.2, 0.25) is 0 Å². The molecule has 2 aromatic rings. The van der Waals surface area contributed by atoms with Crippen LogP contribution in [-0.4, -0.2) is 33.1 Å². The first kappa shape index (κ1) is 13.8. The summed E-state index contributed by atoms with van der Waals surface area (Å²) in [6.45, 7) is 2.79. The second-order valence-electron chi connectivity index (χ2n) is 5.87. The van der Waals surface area contributed by atoms with Crippen LogP contribution in [0, 0.1) is 12.8 Å². The lowest BCUT2D eigenvalue weighted by atomic mass is 9.84. The molecule has 0 atom stereocenters. The Bertz CT molecular complexity index is 723. The number of carbonyl (C=O) groups is 1. The summed E-state index contributed by atoms with van der Waals surface area (Å²) in [7, 11) is 0. The number of hydrogen-bond donors (Lipinski definition) is 0. The number of amides is 1. The molecule has 1 fully saturated rings. The van der Waals surface area contributed by atoms with Crippen molar-refractivity contribution in [2.45, 2.75) is 31.3 Å². The van der Waals surface area contributed by atoms with Crippen molar-refractivity contribution in [2.75, 3.05) is 17.3 Å². The van der Waals surface area contributed by atoms with Crippen molar-refractivity contribution in [3.05, 3.63) is 29.8 Å². The molecule has 2 heterocycles. The number of benzene rings is 1. The Labute approximate surface area is 133 Å². The molecular formula is C16H18N4OS. The normalized spacial score (nSPS) is 18.0. The SMILES string of the molecule is Cc1ccccc1-c1nnc2n1N(C(=O)C1CCC1)CCS2. The van der Waals surface area contributed by atoms with Crippen LogP contribution in [0.15, 0.2) is 29.4 Å². The standard InChI is InChI=1S/C16H18N4OS/c1-11-5-2-3-8-13(11)14-17-18-16-20(14)19(9-10-22-16)15(21)12-6-4-7-12/h2-3,5,8,12H,4,6-7,9-10H2,1H3. The molecule has 1 aliphatic heterocycles. The number of aromatic nitrogens is 3. The molecule has 6 heteroatoms. The minimum Gasteiger partial charge on any atom is -0.273 e. The minimum absolute atomic E-state index is 0.183. The van der Waals surface area contributed by atoms with Gasteiger partial charge in [-0.2, -0.15) is 0 Å². The molecule has 22 heavy (non-hydrogen) atoms. The van der Waals surface area contributed by atoms with Gasteiger partial charge in [-0.25, -0.2) is 9.69 Å². The van der Waals surface area contributed by atoms with Gasteiger partial charge in [0.2, 0.25) is 11.1 Å². The van der Waals surface area contributed by atoms with E-state index in [-0.39, 0.29) is 11.8 Å². The molecule has 1 aliphatic carbocycles. The van der Waals surface area contributed by atoms with E-state index in [4.69, 9.17) is 0 Å². The van der Waals surface area contributed by atoms with E-state index >= 15 is 0 Å². The van der Waals surface area contributed by atoms with Gasteiger partial charge >= 0.3 is 0 Å². The van der Waals surface area contributed by atoms with E-state index in [0.29, 0.717) is 0 Å². The molecule has 0 saturated heterocycles. The largest absolute Gasteiger partial charge is 0.273 e. The van der Waals surface area contributed by atoms with Gasteiger partial charge in [-0.3, -0.25) is 4.79 Å². The Kier molecular flexibility index (Phi) is 3.41. The third kappa shape index (κ3) is 2.13. The smallest absolute Gasteiger partial charge is 0.244 e. The molecule has 114 valence electrons. The fraction of sp³-hybridized carbons (Fsp3) is 0.438. The Balaban J connectivity index is 1.78. The summed E-state index contributed by atoms with van der Waals surface area (Å²) in [5, 5.41) is 11.3. The first-order valence-corrected chi connectivity index (χ1v) is 8.70. The van der Waals surface area contributed by atoms with Crippen molar-refractivity contribution in [2.24, 2.45) is 5.92 Å². The number of aryl methyl sites for hydroxylation is 1. The minimum atomic E-state index is 0.183. The first-order chi connectivity index (χ1) is 10.8. The Morgan fingerprint density at radius 3 is 2.82 bits per heavy atom. The van der Waals surface area contributed by atoms with Gasteiger partial charge in [0.1, 0.15) is 0 Å². The summed E-state index contributed by atoms with van der Waals surface area (Å²) >= 11 is 1.66. The monoisotopic (exact) mass is 314 g/mol. The molecule has 0 bridgehead atoms. The highest BCUT2D eigenvalue weighted by atomic mass is 32.2. The average molecular weight is 314 g/mol. The van der Waals surface area contributed by atoms with Crippen molar-refractivity contribution in [3.8, 4) is 11.4 Å². The fourth-order valence-corrected chi connectivity index (χ4v) is 3.82. The van der Waals surface area contributed by atoms with E-state index in [2.05, 4.69) is 23.2 Å². The third-order valence-corrected chi connectivity index (χ3v) is 5.38. The molecule has 1 aromatic heterocycles. The van der Waals surface area contributed by atoms with Gasteiger partial charge in [0.05, 0.1) is 6.54 Å². The number of nitrogens with zero attached hydrogens (tertiary/aromatic N) is 4. The number of fused-ring (bicyclic) bond motifs is 1. The number of carbonyl (C=O) groups excluding carboxylic acids is 1. The van der Waals surface area contributed by atoms with Crippen LogP contribution in [-0.2, 0) is 4.79 Å². The summed E-state index contributed by atoms with van der Waals surface area (Å²) in [6.07, 6.45) is 3.19. The second-order valence-corrected chi connectivity index (χ2v) is 6.93. The van der Waals surface area contributed by atoms with Crippen LogP contribution in [0.5, 0.6) is 0 Å². The maximum absolute atomic E-state index is 12.7. The molecule has 4 rings (SSSR count). The van der Waals surface area contributed by atoms with E-state index in [1.165, 1.54) is 6.42 Å². The Morgan fingerprint density at radius 2 is 2.09 bits per heavy atom. The van der Waals surface area contributed by atoms with Crippen molar-refractivity contribution >= 4 is 17.7 Å². The molecule has 1 amide bonds. The topological polar surface area (TPSA) is 51.0 Å². The summed E-state index contributed by atoms with van der Waals surface area (Å²) < 4.78 is 1.93. The zero-order valence-electron chi connectivity index (χ0n) is 12.5. The van der Waals surface area contributed by atoms with E-state index in [1.807, 2.05) is 27.9 Å². The van der Waals surface area contributed by atoms with E-state index in [1.54, 1.807) is 11.8 Å². The number of hydrogen-bond acceptors (Lipinski definition) is 4. The van der Waals surface area contributed by atoms with E-state index in [0.717, 1.165) is 47.2 Å². The molecule has 0 spiro atoms. The highest BCUT2D eigenvalue weighted by Crippen LogP contribution is 2.33. The lowest BCUT2D eigenvalue weighted by Crippen LogP contribution is -2.49. The predicted octanol–water partition coefficient (Wildman–Crippen LogP) is 2.62. The number of thioether (sulfide) groups is 1. The van der Waals surface area contributed by atoms with Gasteiger partial charge in [0, 0.05) is 17.2 Å². The highest BCUT2D eigenvalue weighted by molar-refractivity contribution is 7.99. The number of rotatable bonds is 2. The maximum Gasteiger partial charge on any atom is 0.244 e. The average Bonchev–Trinajstić information content (AvgIpc) is 2.89.